The molecule has 1 amide bonds. The van der Waals surface area contributed by atoms with Crippen LogP contribution in [-0.2, 0) is 18.3 Å². The molecular formula is C22H25N9O2S. The first-order valence-corrected chi connectivity index (χ1v) is 11.8. The van der Waals surface area contributed by atoms with E-state index >= 15 is 0 Å². The summed E-state index contributed by atoms with van der Waals surface area (Å²) >= 11 is 1.64. The third-order valence-electron chi connectivity index (χ3n) is 5.84. The summed E-state index contributed by atoms with van der Waals surface area (Å²) in [6.07, 6.45) is 2.85. The van der Waals surface area contributed by atoms with Gasteiger partial charge in [0.15, 0.2) is 22.8 Å². The number of nitrogens with two attached hydrogens (primary N) is 1. The van der Waals surface area contributed by atoms with Crippen LogP contribution < -0.4 is 15.5 Å². The monoisotopic (exact) mass is 479 g/mol. The number of amides is 1. The van der Waals surface area contributed by atoms with Gasteiger partial charge in [0.05, 0.1) is 25.3 Å². The molecule has 2 N–H and O–H groups in total. The molecule has 0 saturated carbocycles. The Bertz CT molecular complexity index is 1340. The number of morpholine rings is 1. The number of ether oxygens (including phenoxy) is 1. The average molecular weight is 480 g/mol. The minimum atomic E-state index is -0.560. The van der Waals surface area contributed by atoms with E-state index in [1.165, 1.54) is 12.4 Å². The molecule has 0 spiro atoms. The maximum atomic E-state index is 11.3. The standard InChI is InChI=1S/C22H25N9O2S/c1-13-11-34-12-15(13)19-27-20-17(21(28-19)31-4-6-33-7-5-31)26-16(30(20)3)10-29(2)22-24-8-14(9-25-22)18(23)32/h8-9,11-12H,4-7,10H2,1-3H3,(H2,23,32). The molecule has 12 heteroatoms. The van der Waals surface area contributed by atoms with Crippen LogP contribution in [0.25, 0.3) is 22.6 Å². The molecular weight excluding hydrogens is 454 g/mol. The molecule has 34 heavy (non-hydrogen) atoms. The van der Waals surface area contributed by atoms with Crippen LogP contribution >= 0.6 is 11.3 Å². The van der Waals surface area contributed by atoms with Crippen molar-refractivity contribution >= 4 is 40.2 Å². The average Bonchev–Trinajstić information content (AvgIpc) is 3.42. The second-order valence-electron chi connectivity index (χ2n) is 8.19. The second-order valence-corrected chi connectivity index (χ2v) is 8.93. The van der Waals surface area contributed by atoms with Gasteiger partial charge in [0, 0.05) is 50.5 Å². The van der Waals surface area contributed by atoms with E-state index in [1.54, 1.807) is 11.3 Å². The smallest absolute Gasteiger partial charge is 0.251 e. The summed E-state index contributed by atoms with van der Waals surface area (Å²) in [5.41, 5.74) is 9.26. The number of anilines is 2. The lowest BCUT2D eigenvalue weighted by atomic mass is 10.2. The lowest BCUT2D eigenvalue weighted by molar-refractivity contribution is 0.0999. The van der Waals surface area contributed by atoms with Gasteiger partial charge in [0.2, 0.25) is 5.95 Å². The highest BCUT2D eigenvalue weighted by Crippen LogP contribution is 2.31. The van der Waals surface area contributed by atoms with Gasteiger partial charge in [-0.15, -0.1) is 0 Å². The minimum absolute atomic E-state index is 0.265. The number of primary amides is 1. The van der Waals surface area contributed by atoms with Crippen molar-refractivity contribution in [2.75, 3.05) is 43.2 Å². The molecule has 1 fully saturated rings. The van der Waals surface area contributed by atoms with E-state index in [0.717, 1.165) is 47.0 Å². The van der Waals surface area contributed by atoms with Gasteiger partial charge in [-0.3, -0.25) is 4.79 Å². The number of fused-ring (bicyclic) bond motifs is 1. The number of hydrogen-bond acceptors (Lipinski definition) is 10. The van der Waals surface area contributed by atoms with Crippen LogP contribution in [0.5, 0.6) is 0 Å². The number of hydrogen-bond donors (Lipinski definition) is 1. The molecule has 0 bridgehead atoms. The molecule has 4 aromatic heterocycles. The zero-order valence-electron chi connectivity index (χ0n) is 19.2. The number of aromatic nitrogens is 6. The Kier molecular flexibility index (Phi) is 5.84. The van der Waals surface area contributed by atoms with Crippen LogP contribution in [0.3, 0.4) is 0 Å². The molecule has 0 aromatic carbocycles. The third-order valence-corrected chi connectivity index (χ3v) is 6.70. The topological polar surface area (TPSA) is 128 Å². The highest BCUT2D eigenvalue weighted by molar-refractivity contribution is 7.08. The molecule has 4 aromatic rings. The predicted octanol–water partition coefficient (Wildman–Crippen LogP) is 1.76. The van der Waals surface area contributed by atoms with Gasteiger partial charge >= 0.3 is 0 Å². The first-order chi connectivity index (χ1) is 16.4. The Hall–Kier alpha value is -3.64. The molecule has 176 valence electrons. The maximum Gasteiger partial charge on any atom is 0.251 e. The molecule has 0 radical (unpaired) electrons. The summed E-state index contributed by atoms with van der Waals surface area (Å²) in [6.45, 7) is 5.32. The number of carbonyl (C=O) groups excluding carboxylic acids is 1. The van der Waals surface area contributed by atoms with Crippen molar-refractivity contribution in [2.45, 2.75) is 13.5 Å². The van der Waals surface area contributed by atoms with Crippen molar-refractivity contribution in [1.82, 2.24) is 29.5 Å². The van der Waals surface area contributed by atoms with Gasteiger partial charge in [-0.05, 0) is 17.9 Å². The van der Waals surface area contributed by atoms with Gasteiger partial charge in [-0.2, -0.15) is 11.3 Å². The number of aryl methyl sites for hydroxylation is 2. The maximum absolute atomic E-state index is 11.3. The van der Waals surface area contributed by atoms with Gasteiger partial charge in [-0.25, -0.2) is 24.9 Å². The van der Waals surface area contributed by atoms with Crippen LogP contribution in [0.15, 0.2) is 23.2 Å². The normalized spacial score (nSPS) is 14.0. The van der Waals surface area contributed by atoms with Crippen LogP contribution in [0.4, 0.5) is 11.8 Å². The van der Waals surface area contributed by atoms with Gasteiger partial charge in [-0.1, -0.05) is 0 Å². The second kappa shape index (κ2) is 8.95. The van der Waals surface area contributed by atoms with E-state index in [9.17, 15) is 4.79 Å². The van der Waals surface area contributed by atoms with E-state index in [1.807, 2.05) is 23.6 Å². The molecule has 0 unspecified atom stereocenters. The summed E-state index contributed by atoms with van der Waals surface area (Å²) in [5, 5.41) is 4.18. The lowest BCUT2D eigenvalue weighted by Gasteiger charge is -2.28. The zero-order valence-corrected chi connectivity index (χ0v) is 20.0. The molecule has 0 atom stereocenters. The molecule has 1 saturated heterocycles. The molecule has 11 nitrogen and oxygen atoms in total. The fraction of sp³-hybridized carbons (Fsp3) is 0.364. The molecule has 5 rings (SSSR count). The zero-order chi connectivity index (χ0) is 23.8. The SMILES string of the molecule is Cc1cscc1-c1nc(N2CCOCC2)c2nc(CN(C)c3ncc(C(N)=O)cn3)n(C)c2n1. The Morgan fingerprint density at radius 3 is 2.56 bits per heavy atom. The Morgan fingerprint density at radius 2 is 1.91 bits per heavy atom. The summed E-state index contributed by atoms with van der Waals surface area (Å²) in [5.74, 6) is 2.21. The molecule has 0 aliphatic carbocycles. The van der Waals surface area contributed by atoms with E-state index in [2.05, 4.69) is 32.6 Å². The third kappa shape index (κ3) is 4.05. The number of thiophene rings is 1. The van der Waals surface area contributed by atoms with E-state index in [4.69, 9.17) is 25.4 Å². The highest BCUT2D eigenvalue weighted by Gasteiger charge is 2.23. The number of rotatable bonds is 6. The lowest BCUT2D eigenvalue weighted by Crippen LogP contribution is -2.37. The van der Waals surface area contributed by atoms with E-state index in [-0.39, 0.29) is 5.56 Å². The van der Waals surface area contributed by atoms with Crippen molar-refractivity contribution in [3.8, 4) is 11.4 Å². The van der Waals surface area contributed by atoms with Crippen LogP contribution in [-0.4, -0.2) is 68.7 Å². The Balaban J connectivity index is 1.55. The fourth-order valence-corrected chi connectivity index (χ4v) is 4.69. The number of imidazole rings is 1. The number of nitrogens with zero attached hydrogens (tertiary/aromatic N) is 8. The summed E-state index contributed by atoms with van der Waals surface area (Å²) < 4.78 is 7.54. The largest absolute Gasteiger partial charge is 0.378 e. The van der Waals surface area contributed by atoms with Crippen molar-refractivity contribution in [2.24, 2.45) is 12.8 Å². The van der Waals surface area contributed by atoms with Crippen molar-refractivity contribution in [3.05, 3.63) is 40.1 Å². The minimum Gasteiger partial charge on any atom is -0.378 e. The molecule has 1 aliphatic rings. The quantitative estimate of drug-likeness (QED) is 0.440. The molecule has 5 heterocycles. The Labute approximate surface area is 200 Å². The van der Waals surface area contributed by atoms with Crippen LogP contribution in [0.1, 0.15) is 21.7 Å². The van der Waals surface area contributed by atoms with Gasteiger partial charge in [0.1, 0.15) is 5.82 Å². The highest BCUT2D eigenvalue weighted by atomic mass is 32.1. The summed E-state index contributed by atoms with van der Waals surface area (Å²) in [6, 6.07) is 0. The molecule has 1 aliphatic heterocycles. The van der Waals surface area contributed by atoms with Crippen LogP contribution in [0, 0.1) is 6.92 Å². The Morgan fingerprint density at radius 1 is 1.18 bits per heavy atom. The van der Waals surface area contributed by atoms with Crippen molar-refractivity contribution < 1.29 is 9.53 Å². The fourth-order valence-electron chi connectivity index (χ4n) is 3.87. The first-order valence-electron chi connectivity index (χ1n) is 10.8. The summed E-state index contributed by atoms with van der Waals surface area (Å²) in [4.78, 5) is 38.7. The van der Waals surface area contributed by atoms with E-state index in [0.29, 0.717) is 31.5 Å². The van der Waals surface area contributed by atoms with Gasteiger partial charge in [0.25, 0.3) is 5.91 Å². The van der Waals surface area contributed by atoms with Crippen molar-refractivity contribution in [1.29, 1.82) is 0 Å². The van der Waals surface area contributed by atoms with Crippen LogP contribution in [0.2, 0.25) is 0 Å². The number of carbonyl (C=O) groups is 1. The van der Waals surface area contributed by atoms with E-state index < -0.39 is 5.91 Å². The van der Waals surface area contributed by atoms with Crippen molar-refractivity contribution in [3.63, 3.8) is 0 Å². The summed E-state index contributed by atoms with van der Waals surface area (Å²) in [7, 11) is 3.82. The predicted molar refractivity (Wildman–Crippen MR) is 130 cm³/mol. The van der Waals surface area contributed by atoms with Gasteiger partial charge < -0.3 is 24.8 Å². The first kappa shape index (κ1) is 22.2.